The maximum Gasteiger partial charge on any atom is 0.410 e. The van der Waals surface area contributed by atoms with Gasteiger partial charge in [0.2, 0.25) is 0 Å². The fraction of sp³-hybridized carbons (Fsp3) is 0.556. The molecule has 1 aromatic carbocycles. The minimum Gasteiger partial charge on any atom is -0.491 e. The Balaban J connectivity index is 1.91. The topological polar surface area (TPSA) is 110 Å². The van der Waals surface area contributed by atoms with Crippen LogP contribution in [-0.2, 0) is 9.47 Å². The molecule has 1 atom stereocenters. The first-order valence-electron chi connectivity index (χ1n) is 12.9. The normalized spacial score (nSPS) is 15.7. The maximum atomic E-state index is 14.8. The number of alkyl carbamates (subject to hydrolysis) is 1. The molecule has 39 heavy (non-hydrogen) atoms. The molecule has 0 saturated carbocycles. The van der Waals surface area contributed by atoms with Gasteiger partial charge in [-0.15, -0.1) is 0 Å². The third kappa shape index (κ3) is 7.67. The first-order chi connectivity index (χ1) is 18.3. The molecule has 2 heterocycles. The van der Waals surface area contributed by atoms with Gasteiger partial charge in [0, 0.05) is 36.7 Å². The standard InChI is InChI=1S/C27H36F2N4O6/c1-16(2)33(18-8-7-10-32(15-18)26(36)39-27(3,4)5)24(34)21-14-22(38-11-9-30-25(35)37-6)19-12-17(28)13-20(29)23(19)31-21/h12-14,16,18H,7-11,15H2,1-6H3,(H,30,35)/t18-/m1/s1. The van der Waals surface area contributed by atoms with E-state index in [0.29, 0.717) is 25.5 Å². The first-order valence-corrected chi connectivity index (χ1v) is 12.9. The number of hydrogen-bond donors (Lipinski definition) is 1. The summed E-state index contributed by atoms with van der Waals surface area (Å²) in [6.45, 7) is 9.84. The summed E-state index contributed by atoms with van der Waals surface area (Å²) in [4.78, 5) is 45.3. The van der Waals surface area contributed by atoms with Crippen molar-refractivity contribution >= 4 is 29.0 Å². The van der Waals surface area contributed by atoms with E-state index in [1.54, 1.807) is 30.6 Å². The van der Waals surface area contributed by atoms with Crippen LogP contribution in [0.2, 0.25) is 0 Å². The Bertz CT molecular complexity index is 1220. The van der Waals surface area contributed by atoms with Gasteiger partial charge in [-0.1, -0.05) is 0 Å². The van der Waals surface area contributed by atoms with E-state index in [9.17, 15) is 23.2 Å². The lowest BCUT2D eigenvalue weighted by atomic mass is 10.0. The molecule has 0 radical (unpaired) electrons. The highest BCUT2D eigenvalue weighted by atomic mass is 19.1. The molecule has 1 aliphatic heterocycles. The van der Waals surface area contributed by atoms with Crippen LogP contribution in [0, 0.1) is 11.6 Å². The number of nitrogens with zero attached hydrogens (tertiary/aromatic N) is 3. The lowest BCUT2D eigenvalue weighted by Gasteiger charge is -2.41. The summed E-state index contributed by atoms with van der Waals surface area (Å²) in [6.07, 6.45) is 0.207. The van der Waals surface area contributed by atoms with Crippen molar-refractivity contribution in [3.63, 3.8) is 0 Å². The first kappa shape index (κ1) is 29.9. The van der Waals surface area contributed by atoms with E-state index < -0.39 is 35.3 Å². The lowest BCUT2D eigenvalue weighted by molar-refractivity contribution is 0.00742. The number of pyridine rings is 1. The van der Waals surface area contributed by atoms with Crippen LogP contribution in [0.5, 0.6) is 5.75 Å². The van der Waals surface area contributed by atoms with Crippen molar-refractivity contribution in [3.05, 3.63) is 35.5 Å². The number of aromatic nitrogens is 1. The van der Waals surface area contributed by atoms with E-state index in [1.165, 1.54) is 13.2 Å². The molecule has 1 aromatic heterocycles. The number of carbonyl (C=O) groups is 3. The van der Waals surface area contributed by atoms with Crippen LogP contribution < -0.4 is 10.1 Å². The van der Waals surface area contributed by atoms with E-state index >= 15 is 0 Å². The van der Waals surface area contributed by atoms with Gasteiger partial charge in [0.1, 0.15) is 35.0 Å². The molecule has 1 saturated heterocycles. The zero-order chi connectivity index (χ0) is 28.9. The van der Waals surface area contributed by atoms with Crippen molar-refractivity contribution in [2.24, 2.45) is 0 Å². The summed E-state index contributed by atoms with van der Waals surface area (Å²) >= 11 is 0. The van der Waals surface area contributed by atoms with Gasteiger partial charge in [-0.05, 0) is 53.5 Å². The van der Waals surface area contributed by atoms with Crippen molar-refractivity contribution < 1.29 is 37.4 Å². The Hall–Kier alpha value is -3.70. The lowest BCUT2D eigenvalue weighted by Crippen LogP contribution is -2.54. The number of hydrogen-bond acceptors (Lipinski definition) is 7. The highest BCUT2D eigenvalue weighted by Crippen LogP contribution is 2.30. The minimum absolute atomic E-state index is 0.0381. The van der Waals surface area contributed by atoms with E-state index in [2.05, 4.69) is 15.0 Å². The smallest absolute Gasteiger partial charge is 0.410 e. The average Bonchev–Trinajstić information content (AvgIpc) is 2.85. The van der Waals surface area contributed by atoms with Crippen LogP contribution in [-0.4, -0.2) is 83.9 Å². The van der Waals surface area contributed by atoms with Crippen LogP contribution in [0.1, 0.15) is 57.9 Å². The number of carbonyl (C=O) groups excluding carboxylic acids is 3. The molecule has 0 aliphatic carbocycles. The third-order valence-corrected chi connectivity index (χ3v) is 6.06. The number of benzene rings is 1. The quantitative estimate of drug-likeness (QED) is 0.506. The molecule has 12 heteroatoms. The van der Waals surface area contributed by atoms with Crippen molar-refractivity contribution in [2.45, 2.75) is 65.1 Å². The van der Waals surface area contributed by atoms with Crippen molar-refractivity contribution in [3.8, 4) is 5.75 Å². The highest BCUT2D eigenvalue weighted by molar-refractivity contribution is 5.97. The number of likely N-dealkylation sites (tertiary alicyclic amines) is 1. The molecule has 1 aliphatic rings. The number of nitrogens with one attached hydrogen (secondary N) is 1. The Morgan fingerprint density at radius 1 is 1.21 bits per heavy atom. The molecular weight excluding hydrogens is 514 g/mol. The molecule has 3 rings (SSSR count). The van der Waals surface area contributed by atoms with Crippen LogP contribution in [0.15, 0.2) is 18.2 Å². The van der Waals surface area contributed by atoms with Gasteiger partial charge in [-0.3, -0.25) is 4.79 Å². The molecular formula is C27H36F2N4O6. The number of ether oxygens (including phenoxy) is 3. The summed E-state index contributed by atoms with van der Waals surface area (Å²) in [7, 11) is 1.22. The summed E-state index contributed by atoms with van der Waals surface area (Å²) < 4.78 is 44.6. The number of halogens is 2. The van der Waals surface area contributed by atoms with Crippen molar-refractivity contribution in [2.75, 3.05) is 33.4 Å². The van der Waals surface area contributed by atoms with E-state index in [4.69, 9.17) is 9.47 Å². The fourth-order valence-electron chi connectivity index (χ4n) is 4.47. The molecule has 1 N–H and O–H groups in total. The predicted molar refractivity (Wildman–Crippen MR) is 140 cm³/mol. The van der Waals surface area contributed by atoms with Gasteiger partial charge < -0.3 is 29.3 Å². The fourth-order valence-corrected chi connectivity index (χ4v) is 4.47. The van der Waals surface area contributed by atoms with E-state index in [0.717, 1.165) is 6.07 Å². The number of piperidine rings is 1. The molecule has 2 aromatic rings. The maximum absolute atomic E-state index is 14.8. The second-order valence-electron chi connectivity index (χ2n) is 10.6. The van der Waals surface area contributed by atoms with Gasteiger partial charge in [0.25, 0.3) is 5.91 Å². The molecule has 0 spiro atoms. The minimum atomic E-state index is -0.943. The summed E-state index contributed by atoms with van der Waals surface area (Å²) in [6, 6.07) is 2.49. The largest absolute Gasteiger partial charge is 0.491 e. The van der Waals surface area contributed by atoms with Crippen LogP contribution in [0.4, 0.5) is 18.4 Å². The van der Waals surface area contributed by atoms with E-state index in [-0.39, 0.29) is 54.1 Å². The Labute approximate surface area is 226 Å². The number of methoxy groups -OCH3 is 1. The molecule has 10 nitrogen and oxygen atoms in total. The number of rotatable bonds is 7. The molecule has 0 unspecified atom stereocenters. The van der Waals surface area contributed by atoms with Crippen LogP contribution in [0.3, 0.4) is 0 Å². The van der Waals surface area contributed by atoms with Gasteiger partial charge in [0.05, 0.1) is 19.7 Å². The van der Waals surface area contributed by atoms with Crippen molar-refractivity contribution in [1.29, 1.82) is 0 Å². The summed E-state index contributed by atoms with van der Waals surface area (Å²) in [5, 5.41) is 2.49. The van der Waals surface area contributed by atoms with Gasteiger partial charge in [-0.25, -0.2) is 23.4 Å². The molecule has 214 valence electrons. The SMILES string of the molecule is COC(=O)NCCOc1cc(C(=O)N(C(C)C)[C@@H]2CCCN(C(=O)OC(C)(C)C)C2)nc2c(F)cc(F)cc12. The Morgan fingerprint density at radius 2 is 1.92 bits per heavy atom. The van der Waals surface area contributed by atoms with Gasteiger partial charge in [0.15, 0.2) is 5.82 Å². The highest BCUT2D eigenvalue weighted by Gasteiger charge is 2.35. The zero-order valence-corrected chi connectivity index (χ0v) is 23.2. The second kappa shape index (κ2) is 12.4. The Kier molecular flexibility index (Phi) is 9.52. The average molecular weight is 551 g/mol. The van der Waals surface area contributed by atoms with Crippen LogP contribution >= 0.6 is 0 Å². The summed E-state index contributed by atoms with van der Waals surface area (Å²) in [5.74, 6) is -2.21. The number of fused-ring (bicyclic) bond motifs is 1. The number of amides is 3. The third-order valence-electron chi connectivity index (χ3n) is 6.06. The Morgan fingerprint density at radius 3 is 2.56 bits per heavy atom. The van der Waals surface area contributed by atoms with Crippen molar-refractivity contribution in [1.82, 2.24) is 20.1 Å². The zero-order valence-electron chi connectivity index (χ0n) is 23.2. The molecule has 1 fully saturated rings. The predicted octanol–water partition coefficient (Wildman–Crippen LogP) is 4.50. The second-order valence-corrected chi connectivity index (χ2v) is 10.6. The monoisotopic (exact) mass is 550 g/mol. The van der Waals surface area contributed by atoms with Crippen LogP contribution in [0.25, 0.3) is 10.9 Å². The van der Waals surface area contributed by atoms with Gasteiger partial charge in [-0.2, -0.15) is 0 Å². The van der Waals surface area contributed by atoms with Gasteiger partial charge >= 0.3 is 12.2 Å². The molecule has 0 bridgehead atoms. The molecule has 3 amide bonds. The van der Waals surface area contributed by atoms with E-state index in [1.807, 2.05) is 13.8 Å². The summed E-state index contributed by atoms with van der Waals surface area (Å²) in [5.41, 5.74) is -0.966.